The van der Waals surface area contributed by atoms with E-state index in [0.717, 1.165) is 45.2 Å². The quantitative estimate of drug-likeness (QED) is 0.382. The Bertz CT molecular complexity index is 522. The van der Waals surface area contributed by atoms with Crippen LogP contribution in [0, 0.1) is 5.92 Å². The van der Waals surface area contributed by atoms with Crippen molar-refractivity contribution in [2.24, 2.45) is 10.9 Å². The van der Waals surface area contributed by atoms with Gasteiger partial charge in [0.1, 0.15) is 0 Å². The molecular formula is C19H34N4O2S. The number of hydrogen-bond donors (Lipinski definition) is 1. The largest absolute Gasteiger partial charge is 0.382 e. The maximum Gasteiger partial charge on any atom is 0.193 e. The third-order valence-electron chi connectivity index (χ3n) is 4.61. The molecule has 0 amide bonds. The van der Waals surface area contributed by atoms with E-state index in [1.54, 1.807) is 18.4 Å². The molecule has 0 bridgehead atoms. The van der Waals surface area contributed by atoms with Crippen molar-refractivity contribution in [1.82, 2.24) is 15.1 Å². The van der Waals surface area contributed by atoms with Crippen LogP contribution in [0.5, 0.6) is 0 Å². The number of likely N-dealkylation sites (tertiary alicyclic amines) is 1. The molecule has 2 unspecified atom stereocenters. The number of nitrogens with zero attached hydrogens (tertiary/aromatic N) is 3. The number of likely N-dealkylation sites (N-methyl/N-ethyl adjacent to an activating group) is 1. The summed E-state index contributed by atoms with van der Waals surface area (Å²) in [5, 5.41) is 5.60. The molecule has 0 saturated carbocycles. The highest BCUT2D eigenvalue weighted by Crippen LogP contribution is 2.24. The summed E-state index contributed by atoms with van der Waals surface area (Å²) < 4.78 is 10.7. The molecule has 1 fully saturated rings. The van der Waals surface area contributed by atoms with E-state index < -0.39 is 0 Å². The third-order valence-corrected chi connectivity index (χ3v) is 5.59. The molecule has 0 aliphatic carbocycles. The molecule has 2 heterocycles. The van der Waals surface area contributed by atoms with Gasteiger partial charge in [0.2, 0.25) is 0 Å². The molecule has 1 aromatic heterocycles. The third kappa shape index (κ3) is 6.54. The number of ether oxygens (including phenoxy) is 2. The van der Waals surface area contributed by atoms with E-state index in [0.29, 0.717) is 25.2 Å². The number of aliphatic imine (C=N–C) groups is 1. The van der Waals surface area contributed by atoms with E-state index in [4.69, 9.17) is 14.5 Å². The highest BCUT2D eigenvalue weighted by Gasteiger charge is 2.25. The summed E-state index contributed by atoms with van der Waals surface area (Å²) in [4.78, 5) is 10.9. The standard InChI is InChI=1S/C19H34N4O2S/c1-5-20-19(21-13-17(22(2)3)18-7-6-12-26-18)23-9-8-16(14-23)15-25-11-10-24-4/h6-7,12,16-17H,5,8-11,13-15H2,1-4H3,(H,20,21). The van der Waals surface area contributed by atoms with E-state index in [1.807, 2.05) is 0 Å². The summed E-state index contributed by atoms with van der Waals surface area (Å²) in [5.74, 6) is 1.59. The van der Waals surface area contributed by atoms with Gasteiger partial charge in [0, 0.05) is 37.5 Å². The van der Waals surface area contributed by atoms with Crippen molar-refractivity contribution >= 4 is 17.3 Å². The molecule has 0 spiro atoms. The Labute approximate surface area is 162 Å². The topological polar surface area (TPSA) is 49.3 Å². The van der Waals surface area contributed by atoms with Crippen molar-refractivity contribution in [3.8, 4) is 0 Å². The summed E-state index contributed by atoms with van der Waals surface area (Å²) in [6.45, 7) is 7.95. The van der Waals surface area contributed by atoms with Crippen molar-refractivity contribution in [2.45, 2.75) is 19.4 Å². The zero-order valence-electron chi connectivity index (χ0n) is 16.6. The summed E-state index contributed by atoms with van der Waals surface area (Å²) >= 11 is 1.80. The van der Waals surface area contributed by atoms with Gasteiger partial charge in [-0.05, 0) is 38.9 Å². The monoisotopic (exact) mass is 382 g/mol. The van der Waals surface area contributed by atoms with Crippen LogP contribution in [0.4, 0.5) is 0 Å². The Balaban J connectivity index is 1.91. The summed E-state index contributed by atoms with van der Waals surface area (Å²) in [6, 6.07) is 4.63. The first-order chi connectivity index (χ1) is 12.7. The van der Waals surface area contributed by atoms with Gasteiger partial charge in [-0.1, -0.05) is 6.07 Å². The molecule has 1 N–H and O–H groups in total. The number of guanidine groups is 1. The SMILES string of the molecule is CCNC(=NCC(c1cccs1)N(C)C)N1CCC(COCCOC)C1. The van der Waals surface area contributed by atoms with Gasteiger partial charge in [0.05, 0.1) is 32.4 Å². The van der Waals surface area contributed by atoms with Gasteiger partial charge in [-0.25, -0.2) is 0 Å². The first kappa shape index (κ1) is 21.2. The molecule has 1 aliphatic heterocycles. The Morgan fingerprint density at radius 1 is 1.46 bits per heavy atom. The number of nitrogens with one attached hydrogen (secondary N) is 1. The molecule has 0 radical (unpaired) electrons. The number of hydrogen-bond acceptors (Lipinski definition) is 5. The van der Waals surface area contributed by atoms with E-state index in [-0.39, 0.29) is 0 Å². The Morgan fingerprint density at radius 2 is 2.31 bits per heavy atom. The highest BCUT2D eigenvalue weighted by atomic mass is 32.1. The van der Waals surface area contributed by atoms with Gasteiger partial charge in [0.15, 0.2) is 5.96 Å². The highest BCUT2D eigenvalue weighted by molar-refractivity contribution is 7.10. The second kappa shape index (κ2) is 11.5. The molecule has 0 aromatic carbocycles. The van der Waals surface area contributed by atoms with E-state index in [1.165, 1.54) is 4.88 Å². The predicted molar refractivity (Wildman–Crippen MR) is 109 cm³/mol. The molecule has 2 rings (SSSR count). The normalized spacial score (nSPS) is 19.3. The zero-order chi connectivity index (χ0) is 18.8. The lowest BCUT2D eigenvalue weighted by molar-refractivity contribution is 0.0536. The van der Waals surface area contributed by atoms with E-state index in [9.17, 15) is 0 Å². The van der Waals surface area contributed by atoms with Crippen molar-refractivity contribution in [3.05, 3.63) is 22.4 Å². The lowest BCUT2D eigenvalue weighted by Crippen LogP contribution is -2.41. The molecule has 26 heavy (non-hydrogen) atoms. The number of thiophene rings is 1. The molecule has 1 aliphatic rings. The molecular weight excluding hydrogens is 348 g/mol. The average Bonchev–Trinajstić information content (AvgIpc) is 3.30. The lowest BCUT2D eigenvalue weighted by atomic mass is 10.1. The van der Waals surface area contributed by atoms with Crippen LogP contribution in [-0.4, -0.2) is 83.0 Å². The Morgan fingerprint density at radius 3 is 2.96 bits per heavy atom. The van der Waals surface area contributed by atoms with Crippen LogP contribution in [0.15, 0.2) is 22.5 Å². The minimum absolute atomic E-state index is 0.319. The molecule has 1 aromatic rings. The second-order valence-corrected chi connectivity index (χ2v) is 7.84. The van der Waals surface area contributed by atoms with Crippen molar-refractivity contribution in [3.63, 3.8) is 0 Å². The van der Waals surface area contributed by atoms with Gasteiger partial charge < -0.3 is 24.6 Å². The van der Waals surface area contributed by atoms with Crippen molar-refractivity contribution in [2.75, 3.05) is 67.2 Å². The summed E-state index contributed by atoms with van der Waals surface area (Å²) in [6.07, 6.45) is 1.15. The Hall–Kier alpha value is -1.15. The Kier molecular flexibility index (Phi) is 9.39. The fourth-order valence-electron chi connectivity index (χ4n) is 3.14. The first-order valence-electron chi connectivity index (χ1n) is 9.45. The fraction of sp³-hybridized carbons (Fsp3) is 0.737. The van der Waals surface area contributed by atoms with E-state index in [2.05, 4.69) is 53.6 Å². The minimum Gasteiger partial charge on any atom is -0.382 e. The van der Waals surface area contributed by atoms with Crippen LogP contribution < -0.4 is 5.32 Å². The number of methoxy groups -OCH3 is 1. The summed E-state index contributed by atoms with van der Waals surface area (Å²) in [5.41, 5.74) is 0. The van der Waals surface area contributed by atoms with Gasteiger partial charge in [0.25, 0.3) is 0 Å². The predicted octanol–water partition coefficient (Wildman–Crippen LogP) is 2.30. The van der Waals surface area contributed by atoms with Gasteiger partial charge >= 0.3 is 0 Å². The minimum atomic E-state index is 0.319. The second-order valence-electron chi connectivity index (χ2n) is 6.86. The van der Waals surface area contributed by atoms with Crippen LogP contribution in [0.2, 0.25) is 0 Å². The van der Waals surface area contributed by atoms with Crippen LogP contribution in [-0.2, 0) is 9.47 Å². The first-order valence-corrected chi connectivity index (χ1v) is 10.3. The van der Waals surface area contributed by atoms with Gasteiger partial charge in [-0.2, -0.15) is 0 Å². The van der Waals surface area contributed by atoms with Crippen LogP contribution in [0.1, 0.15) is 24.3 Å². The zero-order valence-corrected chi connectivity index (χ0v) is 17.4. The molecule has 148 valence electrons. The van der Waals surface area contributed by atoms with Gasteiger partial charge in [-0.15, -0.1) is 11.3 Å². The van der Waals surface area contributed by atoms with E-state index >= 15 is 0 Å². The average molecular weight is 383 g/mol. The lowest BCUT2D eigenvalue weighted by Gasteiger charge is -2.25. The van der Waals surface area contributed by atoms with Crippen LogP contribution in [0.3, 0.4) is 0 Å². The molecule has 1 saturated heterocycles. The molecule has 7 heteroatoms. The van der Waals surface area contributed by atoms with Crippen LogP contribution >= 0.6 is 11.3 Å². The maximum absolute atomic E-state index is 5.71. The number of rotatable bonds is 10. The maximum atomic E-state index is 5.71. The van der Waals surface area contributed by atoms with Gasteiger partial charge in [-0.3, -0.25) is 4.99 Å². The molecule has 2 atom stereocenters. The van der Waals surface area contributed by atoms with Crippen molar-refractivity contribution in [1.29, 1.82) is 0 Å². The molecule has 6 nitrogen and oxygen atoms in total. The summed E-state index contributed by atoms with van der Waals surface area (Å²) in [7, 11) is 5.95. The van der Waals surface area contributed by atoms with Crippen molar-refractivity contribution < 1.29 is 9.47 Å². The smallest absolute Gasteiger partial charge is 0.193 e. The van der Waals surface area contributed by atoms with Crippen LogP contribution in [0.25, 0.3) is 0 Å². The fourth-order valence-corrected chi connectivity index (χ4v) is 4.05.